The van der Waals surface area contributed by atoms with Crippen molar-refractivity contribution in [1.29, 1.82) is 0 Å². The van der Waals surface area contributed by atoms with Crippen LogP contribution in [0.15, 0.2) is 30.3 Å². The zero-order valence-electron chi connectivity index (χ0n) is 19.2. The van der Waals surface area contributed by atoms with Crippen molar-refractivity contribution in [2.24, 2.45) is 0 Å². The molecule has 1 aromatic carbocycles. The lowest BCUT2D eigenvalue weighted by molar-refractivity contribution is -0.212. The molecule has 8 nitrogen and oxygen atoms in total. The summed E-state index contributed by atoms with van der Waals surface area (Å²) in [6.45, 7) is 6.83. The van der Waals surface area contributed by atoms with E-state index in [0.717, 1.165) is 24.8 Å². The summed E-state index contributed by atoms with van der Waals surface area (Å²) in [5.41, 5.74) is -1.96. The van der Waals surface area contributed by atoms with E-state index < -0.39 is 47.4 Å². The molecule has 32 heavy (non-hydrogen) atoms. The summed E-state index contributed by atoms with van der Waals surface area (Å²) in [7, 11) is 0. The van der Waals surface area contributed by atoms with Gasteiger partial charge in [-0.15, -0.1) is 0 Å². The molecule has 1 aromatic rings. The van der Waals surface area contributed by atoms with Crippen LogP contribution >= 0.6 is 0 Å². The number of aliphatic hydroxyl groups is 1. The van der Waals surface area contributed by atoms with E-state index in [4.69, 9.17) is 18.9 Å². The third-order valence-electron chi connectivity index (χ3n) is 6.76. The average molecular weight is 448 g/mol. The maximum absolute atomic E-state index is 13.2. The number of ether oxygens (including phenoxy) is 4. The van der Waals surface area contributed by atoms with E-state index in [0.29, 0.717) is 12.8 Å². The fourth-order valence-corrected chi connectivity index (χ4v) is 5.33. The van der Waals surface area contributed by atoms with Crippen LogP contribution in [0.1, 0.15) is 65.4 Å². The first-order valence-electron chi connectivity index (χ1n) is 11.4. The van der Waals surface area contributed by atoms with Gasteiger partial charge in [0, 0.05) is 12.8 Å². The zero-order chi connectivity index (χ0) is 23.1. The topological polar surface area (TPSA) is 94.5 Å². The van der Waals surface area contributed by atoms with Gasteiger partial charge in [0.25, 0.3) is 0 Å². The Morgan fingerprint density at radius 1 is 1.19 bits per heavy atom. The predicted octanol–water partition coefficient (Wildman–Crippen LogP) is 3.50. The molecule has 8 heteroatoms. The van der Waals surface area contributed by atoms with Gasteiger partial charge in [-0.05, 0) is 46.1 Å². The fraction of sp³-hybridized carbons (Fsp3) is 0.667. The molecule has 0 unspecified atom stereocenters. The van der Waals surface area contributed by atoms with Crippen LogP contribution < -0.4 is 0 Å². The Kier molecular flexibility index (Phi) is 5.98. The lowest BCUT2D eigenvalue weighted by atomic mass is 9.86. The molecule has 4 rings (SSSR count). The zero-order valence-corrected chi connectivity index (χ0v) is 19.2. The van der Waals surface area contributed by atoms with Gasteiger partial charge in [0.2, 0.25) is 5.79 Å². The van der Waals surface area contributed by atoms with Gasteiger partial charge in [-0.3, -0.25) is 4.90 Å². The van der Waals surface area contributed by atoms with Gasteiger partial charge in [-0.1, -0.05) is 36.8 Å². The minimum Gasteiger partial charge on any atom is -0.444 e. The van der Waals surface area contributed by atoms with Gasteiger partial charge in [-0.25, -0.2) is 9.59 Å². The number of carbonyl (C=O) groups is 2. The molecule has 1 spiro atoms. The third kappa shape index (κ3) is 4.11. The van der Waals surface area contributed by atoms with E-state index >= 15 is 0 Å². The Hall–Kier alpha value is -2.16. The highest BCUT2D eigenvalue weighted by Gasteiger charge is 2.63. The summed E-state index contributed by atoms with van der Waals surface area (Å²) < 4.78 is 23.3. The van der Waals surface area contributed by atoms with Crippen molar-refractivity contribution < 1.29 is 33.6 Å². The second-order valence-corrected chi connectivity index (χ2v) is 9.74. The molecule has 0 aromatic heterocycles. The summed E-state index contributed by atoms with van der Waals surface area (Å²) in [5, 5.41) is 11.7. The average Bonchev–Trinajstić information content (AvgIpc) is 3.19. The first kappa shape index (κ1) is 23.0. The Morgan fingerprint density at radius 2 is 1.84 bits per heavy atom. The molecule has 1 aliphatic carbocycles. The largest absolute Gasteiger partial charge is 0.444 e. The van der Waals surface area contributed by atoms with Gasteiger partial charge in [0.15, 0.2) is 6.10 Å². The smallest absolute Gasteiger partial charge is 0.412 e. The molecule has 0 bridgehead atoms. The summed E-state index contributed by atoms with van der Waals surface area (Å²) in [6.07, 6.45) is 1.65. The molecule has 2 heterocycles. The molecule has 1 saturated carbocycles. The summed E-state index contributed by atoms with van der Waals surface area (Å²) >= 11 is 0. The lowest BCUT2D eigenvalue weighted by Crippen LogP contribution is -2.63. The fourth-order valence-electron chi connectivity index (χ4n) is 5.33. The van der Waals surface area contributed by atoms with E-state index in [1.165, 1.54) is 11.8 Å². The number of hydrogen-bond acceptors (Lipinski definition) is 7. The second kappa shape index (κ2) is 8.32. The van der Waals surface area contributed by atoms with E-state index in [9.17, 15) is 14.7 Å². The van der Waals surface area contributed by atoms with Crippen molar-refractivity contribution in [2.45, 2.75) is 102 Å². The molecular weight excluding hydrogens is 414 g/mol. The molecule has 4 atom stereocenters. The highest BCUT2D eigenvalue weighted by molar-refractivity contribution is 5.79. The van der Waals surface area contributed by atoms with Crippen LogP contribution in [0.2, 0.25) is 0 Å². The number of amides is 1. The number of hydrogen-bond donors (Lipinski definition) is 1. The van der Waals surface area contributed by atoms with Gasteiger partial charge >= 0.3 is 12.1 Å². The lowest BCUT2D eigenvalue weighted by Gasteiger charge is -2.41. The van der Waals surface area contributed by atoms with Crippen molar-refractivity contribution >= 4 is 12.1 Å². The summed E-state index contributed by atoms with van der Waals surface area (Å²) in [4.78, 5) is 27.4. The maximum atomic E-state index is 13.2. The van der Waals surface area contributed by atoms with Crippen LogP contribution in [-0.2, 0) is 30.3 Å². The van der Waals surface area contributed by atoms with Crippen LogP contribution in [0.4, 0.5) is 4.79 Å². The molecular formula is C24H33NO7. The Labute approximate surface area is 188 Å². The van der Waals surface area contributed by atoms with Crippen molar-refractivity contribution in [3.05, 3.63) is 35.9 Å². The predicted molar refractivity (Wildman–Crippen MR) is 114 cm³/mol. The SMILES string of the molecule is C[C@@H]1OC(C)(C)N(C(=O)OCc2ccccc2)[C@H]1[C@@](C)(O)[C@H]1OC2(CCCCC2)OC1=O. The van der Waals surface area contributed by atoms with E-state index in [1.807, 2.05) is 30.3 Å². The van der Waals surface area contributed by atoms with Crippen LogP contribution in [-0.4, -0.2) is 57.4 Å². The van der Waals surface area contributed by atoms with Gasteiger partial charge < -0.3 is 24.1 Å². The molecule has 3 fully saturated rings. The van der Waals surface area contributed by atoms with Crippen LogP contribution in [0, 0.1) is 0 Å². The molecule has 2 saturated heterocycles. The van der Waals surface area contributed by atoms with Crippen molar-refractivity contribution in [3.63, 3.8) is 0 Å². The number of benzene rings is 1. The van der Waals surface area contributed by atoms with Gasteiger partial charge in [0.1, 0.15) is 17.9 Å². The normalized spacial score (nSPS) is 30.7. The first-order valence-corrected chi connectivity index (χ1v) is 11.4. The standard InChI is InChI=1S/C24H33NO7/c1-16-18(23(4,28)19-20(26)32-24(31-19)13-9-6-10-14-24)25(22(2,3)30-16)21(27)29-15-17-11-7-5-8-12-17/h5,7-8,11-12,16,18-19,28H,6,9-10,13-15H2,1-4H3/t16-,18+,19-,23+/m0/s1. The van der Waals surface area contributed by atoms with Gasteiger partial charge in [-0.2, -0.15) is 0 Å². The molecule has 2 aliphatic heterocycles. The van der Waals surface area contributed by atoms with Crippen molar-refractivity contribution in [3.8, 4) is 0 Å². The Bertz CT molecular complexity index is 847. The molecule has 1 N–H and O–H groups in total. The number of esters is 1. The minimum atomic E-state index is -1.75. The maximum Gasteiger partial charge on any atom is 0.412 e. The highest BCUT2D eigenvalue weighted by atomic mass is 16.8. The number of carbonyl (C=O) groups excluding carboxylic acids is 2. The molecule has 0 radical (unpaired) electrons. The summed E-state index contributed by atoms with van der Waals surface area (Å²) in [6, 6.07) is 8.47. The van der Waals surface area contributed by atoms with Crippen molar-refractivity contribution in [2.75, 3.05) is 0 Å². The van der Waals surface area contributed by atoms with E-state index in [1.54, 1.807) is 20.8 Å². The third-order valence-corrected chi connectivity index (χ3v) is 6.76. The molecule has 3 aliphatic rings. The molecule has 176 valence electrons. The Morgan fingerprint density at radius 3 is 2.50 bits per heavy atom. The Balaban J connectivity index is 1.56. The second-order valence-electron chi connectivity index (χ2n) is 9.74. The van der Waals surface area contributed by atoms with Crippen LogP contribution in [0.5, 0.6) is 0 Å². The summed E-state index contributed by atoms with van der Waals surface area (Å²) in [5.74, 6) is -1.59. The number of nitrogens with zero attached hydrogens (tertiary/aromatic N) is 1. The van der Waals surface area contributed by atoms with Crippen molar-refractivity contribution in [1.82, 2.24) is 4.90 Å². The number of rotatable bonds is 4. The highest BCUT2D eigenvalue weighted by Crippen LogP contribution is 2.45. The van der Waals surface area contributed by atoms with Crippen LogP contribution in [0.3, 0.4) is 0 Å². The quantitative estimate of drug-likeness (QED) is 0.706. The van der Waals surface area contributed by atoms with E-state index in [2.05, 4.69) is 0 Å². The van der Waals surface area contributed by atoms with Gasteiger partial charge in [0.05, 0.1) is 12.1 Å². The van der Waals surface area contributed by atoms with E-state index in [-0.39, 0.29) is 6.61 Å². The molecule has 1 amide bonds. The minimum absolute atomic E-state index is 0.0839. The monoisotopic (exact) mass is 447 g/mol. The van der Waals surface area contributed by atoms with Crippen LogP contribution in [0.25, 0.3) is 0 Å². The first-order chi connectivity index (χ1) is 15.1.